The van der Waals surface area contributed by atoms with Crippen molar-refractivity contribution in [2.45, 2.75) is 53.2 Å². The van der Waals surface area contributed by atoms with Gasteiger partial charge in [-0.3, -0.25) is 14.2 Å². The van der Waals surface area contributed by atoms with Crippen molar-refractivity contribution in [2.24, 2.45) is 0 Å². The van der Waals surface area contributed by atoms with Crippen LogP contribution in [0.2, 0.25) is 0 Å². The van der Waals surface area contributed by atoms with E-state index in [2.05, 4.69) is 20.8 Å². The molecule has 0 aliphatic rings. The van der Waals surface area contributed by atoms with Crippen molar-refractivity contribution in [3.05, 3.63) is 82.7 Å². The van der Waals surface area contributed by atoms with Crippen molar-refractivity contribution in [1.82, 2.24) is 20.1 Å². The van der Waals surface area contributed by atoms with E-state index in [-0.39, 0.29) is 30.7 Å². The first kappa shape index (κ1) is 35.8. The lowest BCUT2D eigenvalue weighted by molar-refractivity contribution is -0.113. The fraction of sp³-hybridized carbons (Fsp3) is 0.343. The number of benzene rings is 3. The van der Waals surface area contributed by atoms with Gasteiger partial charge >= 0.3 is 5.97 Å². The second kappa shape index (κ2) is 17.2. The van der Waals surface area contributed by atoms with E-state index in [0.717, 1.165) is 16.8 Å². The van der Waals surface area contributed by atoms with Gasteiger partial charge in [-0.2, -0.15) is 0 Å². The molecule has 254 valence electrons. The molecular weight excluding hydrogens is 634 g/mol. The van der Waals surface area contributed by atoms with Crippen LogP contribution in [0.5, 0.6) is 17.2 Å². The molecule has 1 heterocycles. The standard InChI is InChI=1S/C35H41N5O7S/c1-7-44-28-18-25(19-29(45-8-2)32(28)46-9-3)33(42)36-20-30-38-39-35(40(30)27-13-11-12-22(5)23(27)6)48-21-31(41)37-26-16-14-24(15-17-26)34(43)47-10-4/h11-19H,7-10,20-21H2,1-6H3,(H,36,42)(H,37,41). The molecule has 0 spiro atoms. The van der Waals surface area contributed by atoms with Crippen LogP contribution in [0.4, 0.5) is 5.69 Å². The van der Waals surface area contributed by atoms with Gasteiger partial charge in [0.2, 0.25) is 11.7 Å². The highest BCUT2D eigenvalue weighted by molar-refractivity contribution is 7.99. The lowest BCUT2D eigenvalue weighted by Gasteiger charge is -2.17. The molecule has 0 radical (unpaired) electrons. The van der Waals surface area contributed by atoms with Gasteiger partial charge in [-0.25, -0.2) is 4.79 Å². The van der Waals surface area contributed by atoms with E-state index in [1.807, 2.05) is 57.4 Å². The van der Waals surface area contributed by atoms with E-state index in [4.69, 9.17) is 18.9 Å². The molecule has 0 saturated carbocycles. The van der Waals surface area contributed by atoms with Crippen LogP contribution in [0.25, 0.3) is 5.69 Å². The largest absolute Gasteiger partial charge is 0.490 e. The Kier molecular flexibility index (Phi) is 12.8. The molecule has 0 fully saturated rings. The van der Waals surface area contributed by atoms with Gasteiger partial charge in [0, 0.05) is 11.3 Å². The van der Waals surface area contributed by atoms with E-state index in [9.17, 15) is 14.4 Å². The van der Waals surface area contributed by atoms with Crippen molar-refractivity contribution in [2.75, 3.05) is 37.5 Å². The summed E-state index contributed by atoms with van der Waals surface area (Å²) in [6.07, 6.45) is 0. The third-order valence-electron chi connectivity index (χ3n) is 7.11. The highest BCUT2D eigenvalue weighted by Gasteiger charge is 2.21. The van der Waals surface area contributed by atoms with Crippen molar-refractivity contribution < 1.29 is 33.3 Å². The zero-order chi connectivity index (χ0) is 34.6. The number of thioether (sulfide) groups is 1. The second-order valence-electron chi connectivity index (χ2n) is 10.4. The second-order valence-corrected chi connectivity index (χ2v) is 11.3. The minimum atomic E-state index is -0.422. The molecular formula is C35H41N5O7S. The topological polar surface area (TPSA) is 143 Å². The minimum absolute atomic E-state index is 0.0432. The zero-order valence-corrected chi connectivity index (χ0v) is 28.9. The molecule has 0 bridgehead atoms. The number of ether oxygens (including phenoxy) is 4. The maximum Gasteiger partial charge on any atom is 0.338 e. The Balaban J connectivity index is 1.54. The molecule has 13 heteroatoms. The van der Waals surface area contributed by atoms with Crippen molar-refractivity contribution in [1.29, 1.82) is 0 Å². The van der Waals surface area contributed by atoms with Crippen molar-refractivity contribution in [3.8, 4) is 22.9 Å². The molecule has 4 rings (SSSR count). The first-order chi connectivity index (χ1) is 23.2. The summed E-state index contributed by atoms with van der Waals surface area (Å²) in [6, 6.07) is 15.6. The number of carbonyl (C=O) groups is 3. The number of nitrogens with one attached hydrogen (secondary N) is 2. The summed E-state index contributed by atoms with van der Waals surface area (Å²) in [5.74, 6) is 0.762. The Bertz CT molecular complexity index is 1710. The number of anilines is 1. The smallest absolute Gasteiger partial charge is 0.338 e. The Morgan fingerprint density at radius 3 is 2.10 bits per heavy atom. The number of aryl methyl sites for hydroxylation is 1. The third kappa shape index (κ3) is 8.85. The Hall–Kier alpha value is -5.04. The number of hydrogen-bond acceptors (Lipinski definition) is 10. The van der Waals surface area contributed by atoms with Crippen LogP contribution in [-0.4, -0.2) is 64.7 Å². The molecule has 48 heavy (non-hydrogen) atoms. The number of aromatic nitrogens is 3. The average molecular weight is 676 g/mol. The highest BCUT2D eigenvalue weighted by Crippen LogP contribution is 2.39. The van der Waals surface area contributed by atoms with E-state index in [0.29, 0.717) is 64.9 Å². The van der Waals surface area contributed by atoms with Crippen LogP contribution in [0, 0.1) is 13.8 Å². The molecule has 0 saturated heterocycles. The Morgan fingerprint density at radius 2 is 1.48 bits per heavy atom. The van der Waals surface area contributed by atoms with Gasteiger partial charge in [0.05, 0.1) is 50.0 Å². The van der Waals surface area contributed by atoms with Gasteiger partial charge < -0.3 is 29.6 Å². The van der Waals surface area contributed by atoms with E-state index in [1.165, 1.54) is 11.8 Å². The first-order valence-corrected chi connectivity index (χ1v) is 16.7. The number of amides is 2. The predicted octanol–water partition coefficient (Wildman–Crippen LogP) is 5.92. The van der Waals surface area contributed by atoms with Crippen molar-refractivity contribution in [3.63, 3.8) is 0 Å². The number of esters is 1. The van der Waals surface area contributed by atoms with Crippen molar-refractivity contribution >= 4 is 35.2 Å². The van der Waals surface area contributed by atoms with Crippen LogP contribution in [0.15, 0.2) is 59.8 Å². The molecule has 4 aromatic rings. The molecule has 2 N–H and O–H groups in total. The lowest BCUT2D eigenvalue weighted by Crippen LogP contribution is -2.25. The quantitative estimate of drug-likeness (QED) is 0.109. The zero-order valence-electron chi connectivity index (χ0n) is 28.0. The number of carbonyl (C=O) groups excluding carboxylic acids is 3. The Morgan fingerprint density at radius 1 is 0.812 bits per heavy atom. The summed E-state index contributed by atoms with van der Waals surface area (Å²) in [4.78, 5) is 38.3. The number of nitrogens with zero attached hydrogens (tertiary/aromatic N) is 3. The SMILES string of the molecule is CCOC(=O)c1ccc(NC(=O)CSc2nnc(CNC(=O)c3cc(OCC)c(OCC)c(OCC)c3)n2-c2cccc(C)c2C)cc1. The molecule has 0 aliphatic heterocycles. The third-order valence-corrected chi connectivity index (χ3v) is 8.04. The fourth-order valence-electron chi connectivity index (χ4n) is 4.74. The fourth-order valence-corrected chi connectivity index (χ4v) is 5.50. The average Bonchev–Trinajstić information content (AvgIpc) is 3.48. The Labute approximate surface area is 284 Å². The molecule has 0 unspecified atom stereocenters. The molecule has 2 amide bonds. The van der Waals surface area contributed by atoms with Gasteiger partial charge in [-0.15, -0.1) is 10.2 Å². The highest BCUT2D eigenvalue weighted by atomic mass is 32.2. The van der Waals surface area contributed by atoms with E-state index in [1.54, 1.807) is 43.3 Å². The maximum absolute atomic E-state index is 13.5. The summed E-state index contributed by atoms with van der Waals surface area (Å²) in [6.45, 7) is 12.8. The molecule has 0 atom stereocenters. The first-order valence-electron chi connectivity index (χ1n) is 15.8. The minimum Gasteiger partial charge on any atom is -0.490 e. The van der Waals surface area contributed by atoms with Gasteiger partial charge in [-0.05, 0) is 95.1 Å². The van der Waals surface area contributed by atoms with Gasteiger partial charge in [0.15, 0.2) is 22.5 Å². The monoisotopic (exact) mass is 675 g/mol. The van der Waals surface area contributed by atoms with Crippen LogP contribution >= 0.6 is 11.8 Å². The molecule has 3 aromatic carbocycles. The lowest BCUT2D eigenvalue weighted by atomic mass is 10.1. The summed E-state index contributed by atoms with van der Waals surface area (Å²) in [7, 11) is 0. The summed E-state index contributed by atoms with van der Waals surface area (Å²) in [5, 5.41) is 15.1. The molecule has 0 aliphatic carbocycles. The summed E-state index contributed by atoms with van der Waals surface area (Å²) in [5.41, 5.74) is 4.19. The number of hydrogen-bond donors (Lipinski definition) is 2. The van der Waals surface area contributed by atoms with E-state index < -0.39 is 5.97 Å². The summed E-state index contributed by atoms with van der Waals surface area (Å²) >= 11 is 1.21. The van der Waals surface area contributed by atoms with Crippen LogP contribution < -0.4 is 24.8 Å². The van der Waals surface area contributed by atoms with Crippen LogP contribution in [0.3, 0.4) is 0 Å². The van der Waals surface area contributed by atoms with Gasteiger partial charge in [-0.1, -0.05) is 23.9 Å². The van der Waals surface area contributed by atoms with E-state index >= 15 is 0 Å². The van der Waals surface area contributed by atoms with Crippen LogP contribution in [-0.2, 0) is 16.1 Å². The summed E-state index contributed by atoms with van der Waals surface area (Å²) < 4.78 is 24.2. The predicted molar refractivity (Wildman–Crippen MR) is 184 cm³/mol. The molecule has 12 nitrogen and oxygen atoms in total. The molecule has 1 aromatic heterocycles. The number of rotatable bonds is 16. The van der Waals surface area contributed by atoms with Crippen LogP contribution in [0.1, 0.15) is 65.4 Å². The van der Waals surface area contributed by atoms with Gasteiger partial charge in [0.25, 0.3) is 5.91 Å². The van der Waals surface area contributed by atoms with Gasteiger partial charge in [0.1, 0.15) is 0 Å². The normalized spacial score (nSPS) is 10.7. The maximum atomic E-state index is 13.5.